The van der Waals surface area contributed by atoms with Crippen LogP contribution in [-0.2, 0) is 10.0 Å². The summed E-state index contributed by atoms with van der Waals surface area (Å²) < 4.78 is 27.0. The van der Waals surface area contributed by atoms with Crippen LogP contribution in [0.2, 0.25) is 5.02 Å². The number of nitriles is 1. The van der Waals surface area contributed by atoms with Crippen LogP contribution < -0.4 is 4.72 Å². The van der Waals surface area contributed by atoms with Crippen molar-refractivity contribution in [2.45, 2.75) is 18.7 Å². The summed E-state index contributed by atoms with van der Waals surface area (Å²) in [5.41, 5.74) is 1.30. The summed E-state index contributed by atoms with van der Waals surface area (Å²) in [5, 5.41) is 15.6. The van der Waals surface area contributed by atoms with Gasteiger partial charge in [0.2, 0.25) is 0 Å². The summed E-state index contributed by atoms with van der Waals surface area (Å²) in [4.78, 5) is 0.103. The van der Waals surface area contributed by atoms with Gasteiger partial charge in [0, 0.05) is 0 Å². The van der Waals surface area contributed by atoms with Crippen LogP contribution in [0, 0.1) is 25.2 Å². The van der Waals surface area contributed by atoms with Crippen molar-refractivity contribution in [1.82, 2.24) is 10.2 Å². The normalized spacial score (nSPS) is 11.1. The molecule has 2 aromatic rings. The molecular weight excluding hydrogens is 300 g/mol. The Hall–Kier alpha value is -2.04. The Morgan fingerprint density at radius 1 is 1.40 bits per heavy atom. The zero-order valence-corrected chi connectivity index (χ0v) is 12.3. The van der Waals surface area contributed by atoms with Gasteiger partial charge in [0.05, 0.1) is 27.7 Å². The first-order valence-electron chi connectivity index (χ1n) is 5.59. The Kier molecular flexibility index (Phi) is 3.70. The molecule has 2 rings (SSSR count). The maximum absolute atomic E-state index is 12.3. The highest BCUT2D eigenvalue weighted by Crippen LogP contribution is 2.24. The number of hydrogen-bond acceptors (Lipinski definition) is 4. The first kappa shape index (κ1) is 14.4. The third kappa shape index (κ3) is 2.61. The molecule has 0 saturated heterocycles. The van der Waals surface area contributed by atoms with Crippen LogP contribution in [0.25, 0.3) is 0 Å². The Balaban J connectivity index is 2.42. The molecule has 1 heterocycles. The summed E-state index contributed by atoms with van der Waals surface area (Å²) in [6.45, 7) is 3.22. The second-order valence-electron chi connectivity index (χ2n) is 4.18. The first-order chi connectivity index (χ1) is 9.35. The van der Waals surface area contributed by atoms with Gasteiger partial charge >= 0.3 is 0 Å². The second kappa shape index (κ2) is 5.15. The number of H-pyrrole nitrogens is 1. The second-order valence-corrected chi connectivity index (χ2v) is 6.20. The number of hydrogen-bond donors (Lipinski definition) is 2. The smallest absolute Gasteiger partial charge is 0.265 e. The lowest BCUT2D eigenvalue weighted by molar-refractivity contribution is 0.600. The van der Waals surface area contributed by atoms with Crippen molar-refractivity contribution in [2.24, 2.45) is 0 Å². The van der Waals surface area contributed by atoms with E-state index in [4.69, 9.17) is 16.9 Å². The molecule has 20 heavy (non-hydrogen) atoms. The number of aromatic amines is 1. The van der Waals surface area contributed by atoms with Gasteiger partial charge in [0.1, 0.15) is 11.0 Å². The standard InChI is InChI=1S/C12H11ClN4O2S/c1-7-12(8(2)16-15-7)20(18,19)17-10-3-4-11(13)9(5-10)6-14/h3-5,17H,1-2H3,(H,15,16). The predicted octanol–water partition coefficient (Wildman–Crippen LogP) is 2.35. The lowest BCUT2D eigenvalue weighted by atomic mass is 10.2. The number of anilines is 1. The average Bonchev–Trinajstić information content (AvgIpc) is 2.71. The fourth-order valence-corrected chi connectivity index (χ4v) is 3.40. The van der Waals surface area contributed by atoms with Crippen LogP contribution in [-0.4, -0.2) is 18.6 Å². The number of nitrogens with one attached hydrogen (secondary N) is 2. The Bertz CT molecular complexity index is 786. The van der Waals surface area contributed by atoms with Crippen LogP contribution in [0.4, 0.5) is 5.69 Å². The topological polar surface area (TPSA) is 98.6 Å². The quantitative estimate of drug-likeness (QED) is 0.909. The number of nitrogens with zero attached hydrogens (tertiary/aromatic N) is 2. The summed E-state index contributed by atoms with van der Waals surface area (Å²) in [5.74, 6) is 0. The summed E-state index contributed by atoms with van der Waals surface area (Å²) in [6, 6.07) is 6.23. The first-order valence-corrected chi connectivity index (χ1v) is 7.45. The average molecular weight is 311 g/mol. The van der Waals surface area contributed by atoms with E-state index in [2.05, 4.69) is 14.9 Å². The lowest BCUT2D eigenvalue weighted by Gasteiger charge is -2.08. The number of benzene rings is 1. The molecule has 0 amide bonds. The number of aryl methyl sites for hydroxylation is 2. The van der Waals surface area contributed by atoms with E-state index < -0.39 is 10.0 Å². The highest BCUT2D eigenvalue weighted by molar-refractivity contribution is 7.92. The number of halogens is 1. The molecule has 0 radical (unpaired) electrons. The highest BCUT2D eigenvalue weighted by Gasteiger charge is 2.22. The third-order valence-corrected chi connectivity index (χ3v) is 4.64. The van der Waals surface area contributed by atoms with E-state index in [1.807, 2.05) is 6.07 Å². The minimum Gasteiger partial charge on any atom is -0.281 e. The minimum absolute atomic E-state index is 0.103. The van der Waals surface area contributed by atoms with Crippen LogP contribution in [0.15, 0.2) is 23.1 Å². The maximum atomic E-state index is 12.3. The molecule has 0 aliphatic heterocycles. The summed E-state index contributed by atoms with van der Waals surface area (Å²) in [7, 11) is -3.77. The molecule has 0 aliphatic carbocycles. The predicted molar refractivity (Wildman–Crippen MR) is 75.0 cm³/mol. The van der Waals surface area contributed by atoms with E-state index in [1.165, 1.54) is 18.2 Å². The van der Waals surface area contributed by atoms with Crippen molar-refractivity contribution in [3.8, 4) is 6.07 Å². The van der Waals surface area contributed by atoms with Crippen molar-refractivity contribution in [1.29, 1.82) is 5.26 Å². The van der Waals surface area contributed by atoms with Crippen molar-refractivity contribution >= 4 is 27.3 Å². The molecule has 0 bridgehead atoms. The van der Waals surface area contributed by atoms with Crippen LogP contribution >= 0.6 is 11.6 Å². The molecule has 2 N–H and O–H groups in total. The highest BCUT2D eigenvalue weighted by atomic mass is 35.5. The Labute approximate surface area is 121 Å². The van der Waals surface area contributed by atoms with Crippen LogP contribution in [0.3, 0.4) is 0 Å². The molecule has 1 aromatic carbocycles. The van der Waals surface area contributed by atoms with Crippen molar-refractivity contribution in [2.75, 3.05) is 4.72 Å². The van der Waals surface area contributed by atoms with Gasteiger partial charge in [-0.2, -0.15) is 10.4 Å². The molecular formula is C12H11ClN4O2S. The van der Waals surface area contributed by atoms with Crippen molar-refractivity contribution in [3.63, 3.8) is 0 Å². The molecule has 6 nitrogen and oxygen atoms in total. The summed E-state index contributed by atoms with van der Waals surface area (Å²) in [6.07, 6.45) is 0. The van der Waals surface area contributed by atoms with Crippen LogP contribution in [0.5, 0.6) is 0 Å². The van der Waals surface area contributed by atoms with Gasteiger partial charge in [-0.1, -0.05) is 11.6 Å². The lowest BCUT2D eigenvalue weighted by Crippen LogP contribution is -2.14. The van der Waals surface area contributed by atoms with E-state index in [-0.39, 0.29) is 21.2 Å². The van der Waals surface area contributed by atoms with Gasteiger partial charge in [-0.05, 0) is 32.0 Å². The van der Waals surface area contributed by atoms with E-state index in [0.29, 0.717) is 11.4 Å². The molecule has 104 valence electrons. The SMILES string of the molecule is Cc1n[nH]c(C)c1S(=O)(=O)Nc1ccc(Cl)c(C#N)c1. The van der Waals surface area contributed by atoms with Gasteiger partial charge in [0.15, 0.2) is 0 Å². The van der Waals surface area contributed by atoms with E-state index in [0.717, 1.165) is 0 Å². The van der Waals surface area contributed by atoms with Crippen LogP contribution in [0.1, 0.15) is 17.0 Å². The van der Waals surface area contributed by atoms with Gasteiger partial charge in [-0.15, -0.1) is 0 Å². The third-order valence-electron chi connectivity index (χ3n) is 2.67. The fraction of sp³-hybridized carbons (Fsp3) is 0.167. The van der Waals surface area contributed by atoms with E-state index in [1.54, 1.807) is 13.8 Å². The van der Waals surface area contributed by atoms with Gasteiger partial charge < -0.3 is 0 Å². The molecule has 1 aromatic heterocycles. The van der Waals surface area contributed by atoms with Gasteiger partial charge in [-0.25, -0.2) is 8.42 Å². The molecule has 0 atom stereocenters. The summed E-state index contributed by atoms with van der Waals surface area (Å²) >= 11 is 5.80. The zero-order valence-electron chi connectivity index (χ0n) is 10.7. The number of sulfonamides is 1. The monoisotopic (exact) mass is 310 g/mol. The minimum atomic E-state index is -3.77. The van der Waals surface area contributed by atoms with E-state index in [9.17, 15) is 8.42 Å². The largest absolute Gasteiger partial charge is 0.281 e. The van der Waals surface area contributed by atoms with Crippen molar-refractivity contribution < 1.29 is 8.42 Å². The van der Waals surface area contributed by atoms with E-state index >= 15 is 0 Å². The molecule has 0 fully saturated rings. The zero-order chi connectivity index (χ0) is 14.9. The van der Waals surface area contributed by atoms with Crippen molar-refractivity contribution in [3.05, 3.63) is 40.2 Å². The molecule has 0 unspecified atom stereocenters. The maximum Gasteiger partial charge on any atom is 0.265 e. The molecule has 8 heteroatoms. The molecule has 0 aliphatic rings. The van der Waals surface area contributed by atoms with Gasteiger partial charge in [0.25, 0.3) is 10.0 Å². The Morgan fingerprint density at radius 3 is 2.65 bits per heavy atom. The molecule has 0 saturated carbocycles. The number of rotatable bonds is 3. The fourth-order valence-electron chi connectivity index (χ4n) is 1.82. The number of aromatic nitrogens is 2. The Morgan fingerprint density at radius 2 is 2.10 bits per heavy atom. The van der Waals surface area contributed by atoms with Gasteiger partial charge in [-0.3, -0.25) is 9.82 Å². The molecule has 0 spiro atoms.